The second kappa shape index (κ2) is 10.9. The third-order valence-corrected chi connectivity index (χ3v) is 5.80. The largest absolute Gasteiger partial charge is 0.442 e. The van der Waals surface area contributed by atoms with Crippen LogP contribution in [0.4, 0.5) is 14.9 Å². The molecule has 11 nitrogen and oxygen atoms in total. The minimum atomic E-state index is -0.937. The zero-order chi connectivity index (χ0) is 26.5. The number of nitrogens with one attached hydrogen (secondary N) is 3. The van der Waals surface area contributed by atoms with E-state index < -0.39 is 35.9 Å². The van der Waals surface area contributed by atoms with Crippen molar-refractivity contribution >= 4 is 29.5 Å². The summed E-state index contributed by atoms with van der Waals surface area (Å²) >= 11 is 0. The minimum absolute atomic E-state index is 0.162. The number of H-pyrrole nitrogens is 1. The fourth-order valence-corrected chi connectivity index (χ4v) is 3.88. The number of rotatable bonds is 9. The van der Waals surface area contributed by atoms with Crippen molar-refractivity contribution in [2.75, 3.05) is 18.0 Å². The molecule has 1 aromatic heterocycles. The van der Waals surface area contributed by atoms with E-state index in [1.165, 1.54) is 48.6 Å². The van der Waals surface area contributed by atoms with Crippen LogP contribution in [0.1, 0.15) is 23.0 Å². The summed E-state index contributed by atoms with van der Waals surface area (Å²) in [6.07, 6.45) is 2.00. The predicted octanol–water partition coefficient (Wildman–Crippen LogP) is 1.50. The molecule has 0 unspecified atom stereocenters. The first-order valence-corrected chi connectivity index (χ1v) is 11.4. The van der Waals surface area contributed by atoms with Crippen LogP contribution in [0.3, 0.4) is 0 Å². The second-order valence-electron chi connectivity index (χ2n) is 8.50. The van der Waals surface area contributed by atoms with Crippen LogP contribution in [0.25, 0.3) is 11.1 Å². The number of nitrogens with two attached hydrogens (primary N) is 1. The van der Waals surface area contributed by atoms with Gasteiger partial charge in [-0.15, -0.1) is 0 Å². The molecule has 0 aliphatic carbocycles. The zero-order valence-corrected chi connectivity index (χ0v) is 19.9. The summed E-state index contributed by atoms with van der Waals surface area (Å²) in [6.45, 7) is 1.71. The molecular formula is C25H25FN6O5. The van der Waals surface area contributed by atoms with E-state index in [4.69, 9.17) is 10.5 Å². The van der Waals surface area contributed by atoms with Crippen molar-refractivity contribution in [2.45, 2.75) is 25.5 Å². The molecule has 12 heteroatoms. The number of benzene rings is 2. The van der Waals surface area contributed by atoms with Gasteiger partial charge in [0.15, 0.2) is 0 Å². The van der Waals surface area contributed by atoms with Crippen molar-refractivity contribution in [1.29, 1.82) is 0 Å². The van der Waals surface area contributed by atoms with Gasteiger partial charge in [0, 0.05) is 36.4 Å². The molecule has 1 aliphatic heterocycles. The first-order valence-electron chi connectivity index (χ1n) is 11.4. The van der Waals surface area contributed by atoms with Gasteiger partial charge in [0.05, 0.1) is 25.1 Å². The van der Waals surface area contributed by atoms with Crippen LogP contribution < -0.4 is 21.3 Å². The molecule has 2 heterocycles. The van der Waals surface area contributed by atoms with E-state index in [0.29, 0.717) is 16.9 Å². The smallest absolute Gasteiger partial charge is 0.414 e. The van der Waals surface area contributed by atoms with Gasteiger partial charge in [-0.3, -0.25) is 19.3 Å². The molecule has 1 fully saturated rings. The third kappa shape index (κ3) is 6.10. The van der Waals surface area contributed by atoms with Gasteiger partial charge in [-0.1, -0.05) is 12.1 Å². The number of carbonyl (C=O) groups excluding carboxylic acids is 4. The lowest BCUT2D eigenvalue weighted by atomic mass is 10.0. The van der Waals surface area contributed by atoms with Crippen LogP contribution >= 0.6 is 0 Å². The molecule has 0 bridgehead atoms. The van der Waals surface area contributed by atoms with E-state index in [1.807, 2.05) is 0 Å². The lowest BCUT2D eigenvalue weighted by molar-refractivity contribution is -0.120. The molecule has 4 rings (SSSR count). The first-order chi connectivity index (χ1) is 17.7. The summed E-state index contributed by atoms with van der Waals surface area (Å²) in [4.78, 5) is 55.7. The Bertz CT molecular complexity index is 1310. The fourth-order valence-electron chi connectivity index (χ4n) is 3.88. The molecule has 0 saturated carbocycles. The number of carbonyl (C=O) groups is 4. The molecule has 2 aromatic carbocycles. The average Bonchev–Trinajstić information content (AvgIpc) is 3.51. The van der Waals surface area contributed by atoms with Gasteiger partial charge in [-0.05, 0) is 35.9 Å². The number of hydrogen-bond acceptors (Lipinski definition) is 6. The SMILES string of the molecule is CC(=O)NC[C@H]1CN(c2ccc(-c3ccc(C(=O)N[C@@H](Cc4cnc[nH]4)C(N)=O)cc3)c(F)c2)C(=O)O1. The van der Waals surface area contributed by atoms with Crippen molar-refractivity contribution in [3.63, 3.8) is 0 Å². The Morgan fingerprint density at radius 3 is 2.62 bits per heavy atom. The van der Waals surface area contributed by atoms with Crippen LogP contribution in [0.15, 0.2) is 55.0 Å². The Morgan fingerprint density at radius 1 is 1.24 bits per heavy atom. The highest BCUT2D eigenvalue weighted by atomic mass is 19.1. The number of aromatic amines is 1. The average molecular weight is 509 g/mol. The van der Waals surface area contributed by atoms with Crippen LogP contribution in [-0.4, -0.2) is 59.0 Å². The summed E-state index contributed by atoms with van der Waals surface area (Å²) in [5.41, 5.74) is 7.43. The van der Waals surface area contributed by atoms with Crippen molar-refractivity contribution in [3.8, 4) is 11.1 Å². The van der Waals surface area contributed by atoms with Crippen molar-refractivity contribution in [3.05, 3.63) is 72.1 Å². The van der Waals surface area contributed by atoms with E-state index in [9.17, 15) is 23.6 Å². The first kappa shape index (κ1) is 25.4. The van der Waals surface area contributed by atoms with Crippen LogP contribution in [-0.2, 0) is 20.7 Å². The quantitative estimate of drug-likeness (QED) is 0.343. The molecule has 0 radical (unpaired) electrons. The van der Waals surface area contributed by atoms with Gasteiger partial charge in [-0.2, -0.15) is 0 Å². The van der Waals surface area contributed by atoms with E-state index >= 15 is 0 Å². The standard InChI is InChI=1S/C25H25FN6O5/c1-14(33)29-11-19-12-32(25(36)37-19)18-6-7-20(21(26)9-18)15-2-4-16(5-3-15)24(35)31-22(23(27)34)8-17-10-28-13-30-17/h2-7,9-10,13,19,22H,8,11-12H2,1H3,(H2,27,34)(H,28,30)(H,29,33)(H,31,35)/t19-,22-/m0/s1. The summed E-state index contributed by atoms with van der Waals surface area (Å²) in [6, 6.07) is 9.59. The van der Waals surface area contributed by atoms with Crippen molar-refractivity contribution < 1.29 is 28.3 Å². The maximum Gasteiger partial charge on any atom is 0.414 e. The van der Waals surface area contributed by atoms with E-state index in [2.05, 4.69) is 20.6 Å². The number of hydrogen-bond donors (Lipinski definition) is 4. The number of nitrogens with zero attached hydrogens (tertiary/aromatic N) is 2. The van der Waals surface area contributed by atoms with E-state index in [1.54, 1.807) is 18.2 Å². The highest BCUT2D eigenvalue weighted by molar-refractivity contribution is 5.97. The molecule has 5 N–H and O–H groups in total. The molecule has 1 aliphatic rings. The Hall–Kier alpha value is -4.74. The molecule has 192 valence electrons. The van der Waals surface area contributed by atoms with E-state index in [-0.39, 0.29) is 36.5 Å². The molecular weight excluding hydrogens is 483 g/mol. The van der Waals surface area contributed by atoms with E-state index in [0.717, 1.165) is 0 Å². The Balaban J connectivity index is 1.42. The molecule has 0 spiro atoms. The Labute approximate surface area is 211 Å². The number of anilines is 1. The van der Waals surface area contributed by atoms with Gasteiger partial charge >= 0.3 is 6.09 Å². The molecule has 37 heavy (non-hydrogen) atoms. The lowest BCUT2D eigenvalue weighted by Crippen LogP contribution is -2.45. The fraction of sp³-hybridized carbons (Fsp3) is 0.240. The van der Waals surface area contributed by atoms with Crippen LogP contribution in [0, 0.1) is 5.82 Å². The number of cyclic esters (lactones) is 1. The van der Waals surface area contributed by atoms with Gasteiger partial charge in [-0.25, -0.2) is 14.2 Å². The topological polar surface area (TPSA) is 160 Å². The van der Waals surface area contributed by atoms with Gasteiger partial charge in [0.25, 0.3) is 5.91 Å². The maximum absolute atomic E-state index is 15.0. The van der Waals surface area contributed by atoms with Crippen LogP contribution in [0.5, 0.6) is 0 Å². The van der Waals surface area contributed by atoms with Gasteiger partial charge < -0.3 is 26.1 Å². The predicted molar refractivity (Wildman–Crippen MR) is 131 cm³/mol. The number of ether oxygens (including phenoxy) is 1. The molecule has 2 atom stereocenters. The maximum atomic E-state index is 15.0. The molecule has 3 aromatic rings. The summed E-state index contributed by atoms with van der Waals surface area (Å²) in [7, 11) is 0. The summed E-state index contributed by atoms with van der Waals surface area (Å²) in [5.74, 6) is -2.01. The number of primary amides is 1. The van der Waals surface area contributed by atoms with Gasteiger partial charge in [0.1, 0.15) is 18.0 Å². The zero-order valence-electron chi connectivity index (χ0n) is 19.9. The van der Waals surface area contributed by atoms with Crippen molar-refractivity contribution in [1.82, 2.24) is 20.6 Å². The monoisotopic (exact) mass is 508 g/mol. The second-order valence-corrected chi connectivity index (χ2v) is 8.50. The number of amides is 4. The Kier molecular flexibility index (Phi) is 7.47. The summed E-state index contributed by atoms with van der Waals surface area (Å²) in [5, 5.41) is 5.18. The highest BCUT2D eigenvalue weighted by Gasteiger charge is 2.32. The lowest BCUT2D eigenvalue weighted by Gasteiger charge is -2.15. The number of halogens is 1. The Morgan fingerprint density at radius 2 is 2.00 bits per heavy atom. The molecule has 1 saturated heterocycles. The van der Waals surface area contributed by atoms with Gasteiger partial charge in [0.2, 0.25) is 11.8 Å². The van der Waals surface area contributed by atoms with Crippen molar-refractivity contribution in [2.24, 2.45) is 5.73 Å². The number of imidazole rings is 1. The summed E-state index contributed by atoms with van der Waals surface area (Å²) < 4.78 is 20.2. The highest BCUT2D eigenvalue weighted by Crippen LogP contribution is 2.29. The third-order valence-electron chi connectivity index (χ3n) is 5.80. The number of aromatic nitrogens is 2. The minimum Gasteiger partial charge on any atom is -0.442 e. The van der Waals surface area contributed by atoms with Crippen LogP contribution in [0.2, 0.25) is 0 Å². The molecule has 4 amide bonds. The normalized spacial score (nSPS) is 15.7.